The Labute approximate surface area is 252 Å². The summed E-state index contributed by atoms with van der Waals surface area (Å²) in [6.45, 7) is 13.9. The van der Waals surface area contributed by atoms with E-state index in [1.54, 1.807) is 35.4 Å². The molecular weight excluding hydrogens is 576 g/mol. The molecule has 0 aromatic heterocycles. The van der Waals surface area contributed by atoms with E-state index in [2.05, 4.69) is 0 Å². The summed E-state index contributed by atoms with van der Waals surface area (Å²) in [5.41, 5.74) is -4.78. The molecule has 0 bridgehead atoms. The van der Waals surface area contributed by atoms with Crippen molar-refractivity contribution in [1.29, 1.82) is 0 Å². The third-order valence-electron chi connectivity index (χ3n) is 6.52. The van der Waals surface area contributed by atoms with Gasteiger partial charge in [0, 0.05) is 37.6 Å². The number of hydrogen-bond acceptors (Lipinski definition) is 13. The summed E-state index contributed by atoms with van der Waals surface area (Å²) in [5, 5.41) is 19.9. The molecule has 1 rings (SSSR count). The maximum Gasteiger partial charge on any atom is 0.508 e. The minimum Gasteiger partial charge on any atom is -0.462 e. The van der Waals surface area contributed by atoms with Crippen LogP contribution in [0.2, 0.25) is 0 Å². The molecule has 0 spiro atoms. The third kappa shape index (κ3) is 14.2. The molecule has 13 heteroatoms. The van der Waals surface area contributed by atoms with Crippen molar-refractivity contribution in [3.8, 4) is 0 Å². The van der Waals surface area contributed by atoms with E-state index in [4.69, 9.17) is 28.4 Å². The Morgan fingerprint density at radius 1 is 0.878 bits per heavy atom. The SMILES string of the molecule is CCOC(C)(CO)CCOCCC(C)(C)OC(=O)OCC(C)(CC(C)(C)O)C(=O)OCCOC(=O)C1(C)CSSC1. The molecule has 240 valence electrons. The fourth-order valence-corrected chi connectivity index (χ4v) is 7.35. The van der Waals surface area contributed by atoms with Crippen molar-refractivity contribution in [3.63, 3.8) is 0 Å². The highest BCUT2D eigenvalue weighted by Gasteiger charge is 2.42. The molecule has 1 fully saturated rings. The monoisotopic (exact) mass is 626 g/mol. The van der Waals surface area contributed by atoms with Crippen molar-refractivity contribution < 1.29 is 53.0 Å². The number of carbonyl (C=O) groups excluding carboxylic acids is 3. The fourth-order valence-electron chi connectivity index (χ4n) is 4.03. The first kappa shape index (κ1) is 37.8. The van der Waals surface area contributed by atoms with Gasteiger partial charge in [-0.05, 0) is 61.8 Å². The van der Waals surface area contributed by atoms with E-state index in [0.29, 0.717) is 44.2 Å². The largest absolute Gasteiger partial charge is 0.508 e. The van der Waals surface area contributed by atoms with Gasteiger partial charge in [0.1, 0.15) is 30.8 Å². The van der Waals surface area contributed by atoms with E-state index in [1.165, 1.54) is 20.8 Å². The molecule has 1 aliphatic heterocycles. The number of esters is 2. The fraction of sp³-hybridized carbons (Fsp3) is 0.893. The molecular formula is C28H50O11S2. The molecule has 0 saturated carbocycles. The van der Waals surface area contributed by atoms with Crippen LogP contribution in [0.25, 0.3) is 0 Å². The van der Waals surface area contributed by atoms with Gasteiger partial charge in [-0.1, -0.05) is 21.6 Å². The molecule has 0 amide bonds. The Morgan fingerprint density at radius 3 is 2.02 bits per heavy atom. The summed E-state index contributed by atoms with van der Waals surface area (Å²) >= 11 is 0. The number of aliphatic hydroxyl groups is 2. The molecule has 0 aromatic carbocycles. The zero-order valence-corrected chi connectivity index (χ0v) is 27.5. The second kappa shape index (κ2) is 16.6. The molecule has 41 heavy (non-hydrogen) atoms. The van der Waals surface area contributed by atoms with Crippen LogP contribution < -0.4 is 0 Å². The third-order valence-corrected chi connectivity index (χ3v) is 9.40. The summed E-state index contributed by atoms with van der Waals surface area (Å²) in [5.74, 6) is 0.292. The lowest BCUT2D eigenvalue weighted by Gasteiger charge is -2.33. The molecule has 2 unspecified atom stereocenters. The van der Waals surface area contributed by atoms with E-state index in [-0.39, 0.29) is 38.8 Å². The molecule has 2 atom stereocenters. The van der Waals surface area contributed by atoms with Gasteiger partial charge in [-0.15, -0.1) is 0 Å². The van der Waals surface area contributed by atoms with Crippen LogP contribution >= 0.6 is 21.6 Å². The Kier molecular flexibility index (Phi) is 15.3. The number of ether oxygens (including phenoxy) is 6. The maximum atomic E-state index is 13.0. The average Bonchev–Trinajstić information content (AvgIpc) is 3.31. The predicted octanol–water partition coefficient (Wildman–Crippen LogP) is 4.16. The van der Waals surface area contributed by atoms with E-state index in [1.807, 2.05) is 20.8 Å². The number of hydrogen-bond donors (Lipinski definition) is 2. The van der Waals surface area contributed by atoms with Gasteiger partial charge in [-0.2, -0.15) is 0 Å². The van der Waals surface area contributed by atoms with Crippen LogP contribution in [0.5, 0.6) is 0 Å². The Morgan fingerprint density at radius 2 is 1.46 bits per heavy atom. The van der Waals surface area contributed by atoms with Crippen molar-refractivity contribution in [2.75, 3.05) is 57.8 Å². The first-order valence-electron chi connectivity index (χ1n) is 13.9. The highest BCUT2D eigenvalue weighted by Crippen LogP contribution is 2.43. The zero-order valence-electron chi connectivity index (χ0n) is 25.9. The molecule has 0 aliphatic carbocycles. The normalized spacial score (nSPS) is 18.2. The molecule has 2 N–H and O–H groups in total. The minimum absolute atomic E-state index is 0.0514. The Hall–Kier alpha value is -1.25. The van der Waals surface area contributed by atoms with E-state index >= 15 is 0 Å². The summed E-state index contributed by atoms with van der Waals surface area (Å²) < 4.78 is 32.6. The summed E-state index contributed by atoms with van der Waals surface area (Å²) in [4.78, 5) is 37.8. The smallest absolute Gasteiger partial charge is 0.462 e. The van der Waals surface area contributed by atoms with Gasteiger partial charge >= 0.3 is 18.1 Å². The van der Waals surface area contributed by atoms with Crippen LogP contribution in [0.4, 0.5) is 4.79 Å². The van der Waals surface area contributed by atoms with Gasteiger partial charge < -0.3 is 38.6 Å². The first-order chi connectivity index (χ1) is 18.9. The van der Waals surface area contributed by atoms with Crippen LogP contribution in [0.15, 0.2) is 0 Å². The summed E-state index contributed by atoms with van der Waals surface area (Å²) in [7, 11) is 3.24. The van der Waals surface area contributed by atoms with Gasteiger partial charge in [0.2, 0.25) is 0 Å². The van der Waals surface area contributed by atoms with Gasteiger partial charge in [-0.3, -0.25) is 9.59 Å². The lowest BCUT2D eigenvalue weighted by atomic mass is 9.80. The second-order valence-electron chi connectivity index (χ2n) is 12.5. The zero-order chi connectivity index (χ0) is 31.4. The molecule has 1 heterocycles. The maximum absolute atomic E-state index is 13.0. The predicted molar refractivity (Wildman–Crippen MR) is 158 cm³/mol. The first-order valence-corrected chi connectivity index (χ1v) is 16.4. The lowest BCUT2D eigenvalue weighted by molar-refractivity contribution is -0.167. The van der Waals surface area contributed by atoms with Crippen molar-refractivity contribution >= 4 is 39.7 Å². The van der Waals surface area contributed by atoms with Crippen LogP contribution in [-0.2, 0) is 38.0 Å². The van der Waals surface area contributed by atoms with E-state index < -0.39 is 39.8 Å². The summed E-state index contributed by atoms with van der Waals surface area (Å²) in [6, 6.07) is 0. The average molecular weight is 627 g/mol. The van der Waals surface area contributed by atoms with Gasteiger partial charge in [0.15, 0.2) is 0 Å². The molecule has 0 aromatic rings. The Bertz CT molecular complexity index is 839. The van der Waals surface area contributed by atoms with Crippen LogP contribution in [-0.4, -0.2) is 103 Å². The van der Waals surface area contributed by atoms with Crippen molar-refractivity contribution in [2.24, 2.45) is 10.8 Å². The molecule has 1 saturated heterocycles. The number of rotatable bonds is 19. The number of carbonyl (C=O) groups is 3. The summed E-state index contributed by atoms with van der Waals surface area (Å²) in [6.07, 6.45) is -0.130. The highest BCUT2D eigenvalue weighted by molar-refractivity contribution is 8.77. The Balaban J connectivity index is 2.55. The quantitative estimate of drug-likeness (QED) is 0.0916. The van der Waals surface area contributed by atoms with Crippen LogP contribution in [0.1, 0.15) is 74.7 Å². The van der Waals surface area contributed by atoms with Gasteiger partial charge in [0.25, 0.3) is 0 Å². The molecule has 1 aliphatic rings. The van der Waals surface area contributed by atoms with E-state index in [9.17, 15) is 24.6 Å². The standard InChI is InChI=1S/C28H50O11S2/c1-9-38-28(8,17-29)11-13-34-12-10-25(4,5)39-23(32)37-18-26(6,16-24(2,3)33)21(30)35-14-15-36-22(31)27(7)19-40-41-20-27/h29,33H,9-20H2,1-8H3. The van der Waals surface area contributed by atoms with Crippen LogP contribution in [0.3, 0.4) is 0 Å². The van der Waals surface area contributed by atoms with E-state index in [0.717, 1.165) is 0 Å². The second-order valence-corrected chi connectivity index (χ2v) is 14.9. The van der Waals surface area contributed by atoms with Crippen LogP contribution in [0, 0.1) is 10.8 Å². The molecule has 11 nitrogen and oxygen atoms in total. The molecule has 0 radical (unpaired) electrons. The van der Waals surface area contributed by atoms with Crippen molar-refractivity contribution in [2.45, 2.75) is 91.5 Å². The lowest BCUT2D eigenvalue weighted by Crippen LogP contribution is -2.42. The van der Waals surface area contributed by atoms with Gasteiger partial charge in [-0.25, -0.2) is 4.79 Å². The van der Waals surface area contributed by atoms with Gasteiger partial charge in [0.05, 0.1) is 29.8 Å². The number of aliphatic hydroxyl groups excluding tert-OH is 1. The topological polar surface area (TPSA) is 147 Å². The minimum atomic E-state index is -1.38. The van der Waals surface area contributed by atoms with Crippen molar-refractivity contribution in [1.82, 2.24) is 0 Å². The highest BCUT2D eigenvalue weighted by atomic mass is 33.1. The van der Waals surface area contributed by atoms with Crippen molar-refractivity contribution in [3.05, 3.63) is 0 Å².